The molecule has 0 bridgehead atoms. The average molecular weight is 300 g/mol. The van der Waals surface area contributed by atoms with Crippen LogP contribution in [0.5, 0.6) is 0 Å². The monoisotopic (exact) mass is 299 g/mol. The van der Waals surface area contributed by atoms with Gasteiger partial charge in [0.25, 0.3) is 10.0 Å². The van der Waals surface area contributed by atoms with Crippen molar-refractivity contribution in [3.05, 3.63) is 60.7 Å². The average Bonchev–Trinajstić information content (AvgIpc) is 2.40. The van der Waals surface area contributed by atoms with Crippen molar-refractivity contribution < 1.29 is 8.42 Å². The van der Waals surface area contributed by atoms with Crippen molar-refractivity contribution in [2.75, 3.05) is 0 Å². The van der Waals surface area contributed by atoms with E-state index in [9.17, 15) is 8.42 Å². The molecule has 18 heavy (non-hydrogen) atoms. The topological polar surface area (TPSA) is 46.5 Å². The second-order valence-corrected chi connectivity index (χ2v) is 7.25. The van der Waals surface area contributed by atoms with Gasteiger partial charge in [0, 0.05) is 14.8 Å². The quantitative estimate of drug-likeness (QED) is 0.872. The molecule has 0 aliphatic heterocycles. The van der Waals surface area contributed by atoms with Gasteiger partial charge in [-0.3, -0.25) is 0 Å². The van der Waals surface area contributed by atoms with E-state index in [1.165, 1.54) is 12.1 Å². The molecule has 1 atom stereocenters. The summed E-state index contributed by atoms with van der Waals surface area (Å²) < 4.78 is 27.7. The van der Waals surface area contributed by atoms with Crippen LogP contribution in [0.4, 0.5) is 0 Å². The molecule has 0 heterocycles. The van der Waals surface area contributed by atoms with E-state index < -0.39 is 19.9 Å². The maximum atomic E-state index is 12.0. The first-order valence-electron chi connectivity index (χ1n) is 5.08. The lowest BCUT2D eigenvalue weighted by molar-refractivity contribution is 0.598. The minimum absolute atomic E-state index is 0.152. The van der Waals surface area contributed by atoms with Gasteiger partial charge in [-0.15, -0.1) is 3.77 Å². The molecule has 0 saturated carbocycles. The number of rotatable bonds is 3. The molecule has 0 aliphatic rings. The molecule has 2 aromatic rings. The molecule has 0 amide bonds. The zero-order chi connectivity index (χ0) is 13.0. The fraction of sp³-hybridized carbons (Fsp3) is 0. The summed E-state index contributed by atoms with van der Waals surface area (Å²) in [6, 6.07) is 17.0. The molecule has 0 N–H and O–H groups in total. The Balaban J connectivity index is 2.39. The highest BCUT2D eigenvalue weighted by Crippen LogP contribution is 2.18. The van der Waals surface area contributed by atoms with Gasteiger partial charge in [0.15, 0.2) is 0 Å². The molecule has 2 aromatic carbocycles. The van der Waals surface area contributed by atoms with Gasteiger partial charge >= 0.3 is 0 Å². The van der Waals surface area contributed by atoms with E-state index in [1.807, 2.05) is 6.07 Å². The molecular weight excluding hydrogens is 290 g/mol. The highest BCUT2D eigenvalue weighted by atomic mass is 35.7. The number of halogens is 1. The van der Waals surface area contributed by atoms with Gasteiger partial charge in [-0.25, -0.2) is 0 Å². The van der Waals surface area contributed by atoms with Gasteiger partial charge in [-0.05, 0) is 34.9 Å². The number of hydrogen-bond donors (Lipinski definition) is 0. The van der Waals surface area contributed by atoms with Gasteiger partial charge in [0.05, 0.1) is 4.90 Å². The summed E-state index contributed by atoms with van der Waals surface area (Å²) in [6.45, 7) is 0. The maximum Gasteiger partial charge on any atom is 0.289 e. The van der Waals surface area contributed by atoms with Crippen molar-refractivity contribution >= 4 is 30.6 Å². The zero-order valence-electron chi connectivity index (χ0n) is 9.23. The lowest BCUT2D eigenvalue weighted by atomic mass is 10.4. The molecule has 0 aliphatic carbocycles. The second-order valence-electron chi connectivity index (χ2n) is 3.41. The first-order chi connectivity index (χ1) is 8.59. The summed E-state index contributed by atoms with van der Waals surface area (Å²) >= 11 is 0. The van der Waals surface area contributed by atoms with Crippen LogP contribution in [-0.2, 0) is 19.9 Å². The fourth-order valence-electron chi connectivity index (χ4n) is 1.30. The molecular formula is C12H10ClNO2S2. The zero-order valence-corrected chi connectivity index (χ0v) is 11.6. The summed E-state index contributed by atoms with van der Waals surface area (Å²) in [7, 11) is 1.13. The Bertz CT molecular complexity index is 655. The van der Waals surface area contributed by atoms with Gasteiger partial charge in [0.1, 0.15) is 0 Å². The predicted octanol–water partition coefficient (Wildman–Crippen LogP) is 3.39. The Morgan fingerprint density at radius 2 is 1.39 bits per heavy atom. The van der Waals surface area contributed by atoms with Crippen LogP contribution >= 0.6 is 10.7 Å². The molecule has 6 heteroatoms. The first-order valence-corrected chi connectivity index (χ1v) is 8.53. The SMILES string of the molecule is O=S(=O)(N=S(Cl)c1ccccc1)c1ccccc1. The van der Waals surface area contributed by atoms with Crippen LogP contribution in [0.3, 0.4) is 0 Å². The van der Waals surface area contributed by atoms with Crippen LogP contribution in [0.1, 0.15) is 0 Å². The number of sulfonamides is 1. The van der Waals surface area contributed by atoms with Crippen LogP contribution in [0, 0.1) is 0 Å². The van der Waals surface area contributed by atoms with Crippen molar-refractivity contribution in [2.24, 2.45) is 3.77 Å². The Kier molecular flexibility index (Phi) is 4.16. The van der Waals surface area contributed by atoms with Crippen LogP contribution in [0.25, 0.3) is 0 Å². The summed E-state index contributed by atoms with van der Waals surface area (Å²) in [5.41, 5.74) is 0. The molecule has 0 aromatic heterocycles. The van der Waals surface area contributed by atoms with Crippen molar-refractivity contribution in [3.63, 3.8) is 0 Å². The summed E-state index contributed by atoms with van der Waals surface area (Å²) in [5, 5.41) is 0. The first kappa shape index (κ1) is 13.3. The lowest BCUT2D eigenvalue weighted by Crippen LogP contribution is -1.97. The fourth-order valence-corrected chi connectivity index (χ4v) is 4.53. The Morgan fingerprint density at radius 3 is 1.94 bits per heavy atom. The van der Waals surface area contributed by atoms with Crippen molar-refractivity contribution in [1.29, 1.82) is 0 Å². The normalized spacial score (nSPS) is 13.4. The number of benzene rings is 2. The lowest BCUT2D eigenvalue weighted by Gasteiger charge is -2.01. The van der Waals surface area contributed by atoms with Gasteiger partial charge < -0.3 is 0 Å². The van der Waals surface area contributed by atoms with E-state index in [1.54, 1.807) is 42.5 Å². The Hall–Kier alpha value is -1.17. The molecule has 2 rings (SSSR count). The maximum absolute atomic E-state index is 12.0. The van der Waals surface area contributed by atoms with Crippen molar-refractivity contribution in [2.45, 2.75) is 9.79 Å². The number of nitrogens with zero attached hydrogens (tertiary/aromatic N) is 1. The van der Waals surface area contributed by atoms with Crippen molar-refractivity contribution in [1.82, 2.24) is 0 Å². The molecule has 0 radical (unpaired) electrons. The van der Waals surface area contributed by atoms with Crippen molar-refractivity contribution in [3.8, 4) is 0 Å². The molecule has 0 saturated heterocycles. The highest BCUT2D eigenvalue weighted by molar-refractivity contribution is 8.14. The minimum atomic E-state index is -3.70. The Labute approximate surface area is 113 Å². The van der Waals surface area contributed by atoms with Crippen LogP contribution in [-0.4, -0.2) is 8.42 Å². The van der Waals surface area contributed by atoms with Crippen LogP contribution < -0.4 is 0 Å². The molecule has 0 fully saturated rings. The standard InChI is InChI=1S/C12H10ClNO2S2/c13-17(11-7-3-1-4-8-11)14-18(15,16)12-9-5-2-6-10-12/h1-10H. The molecule has 0 spiro atoms. The van der Waals surface area contributed by atoms with Gasteiger partial charge in [-0.2, -0.15) is 8.42 Å². The largest absolute Gasteiger partial charge is 0.289 e. The third kappa shape index (κ3) is 3.19. The Morgan fingerprint density at radius 1 is 0.889 bits per heavy atom. The third-order valence-electron chi connectivity index (χ3n) is 2.14. The molecule has 3 nitrogen and oxygen atoms in total. The summed E-state index contributed by atoms with van der Waals surface area (Å²) in [6.07, 6.45) is 0. The smallest absolute Gasteiger partial charge is 0.199 e. The summed E-state index contributed by atoms with van der Waals surface area (Å²) in [5.74, 6) is 0. The van der Waals surface area contributed by atoms with E-state index in [0.717, 1.165) is 0 Å². The van der Waals surface area contributed by atoms with Gasteiger partial charge in [0.2, 0.25) is 0 Å². The van der Waals surface area contributed by atoms with E-state index in [0.29, 0.717) is 4.90 Å². The van der Waals surface area contributed by atoms with E-state index in [2.05, 4.69) is 3.77 Å². The minimum Gasteiger partial charge on any atom is -0.199 e. The third-order valence-corrected chi connectivity index (χ3v) is 6.02. The van der Waals surface area contributed by atoms with Gasteiger partial charge in [-0.1, -0.05) is 36.4 Å². The van der Waals surface area contributed by atoms with E-state index in [-0.39, 0.29) is 4.90 Å². The molecule has 1 unspecified atom stereocenters. The predicted molar refractivity (Wildman–Crippen MR) is 74.0 cm³/mol. The second kappa shape index (κ2) is 5.65. The highest BCUT2D eigenvalue weighted by Gasteiger charge is 2.13. The van der Waals surface area contributed by atoms with Crippen LogP contribution in [0.2, 0.25) is 0 Å². The summed E-state index contributed by atoms with van der Waals surface area (Å²) in [4.78, 5) is 0.831. The van der Waals surface area contributed by atoms with Crippen LogP contribution in [0.15, 0.2) is 74.2 Å². The molecule has 94 valence electrons. The van der Waals surface area contributed by atoms with E-state index >= 15 is 0 Å². The van der Waals surface area contributed by atoms with E-state index in [4.69, 9.17) is 10.7 Å². The number of hydrogen-bond acceptors (Lipinski definition) is 2.